The summed E-state index contributed by atoms with van der Waals surface area (Å²) in [5, 5.41) is 4.08. The zero-order valence-corrected chi connectivity index (χ0v) is 28.2. The summed E-state index contributed by atoms with van der Waals surface area (Å²) in [5.41, 5.74) is 2.21. The van der Waals surface area contributed by atoms with Crippen LogP contribution in [0.3, 0.4) is 0 Å². The van der Waals surface area contributed by atoms with Gasteiger partial charge >= 0.3 is 0 Å². The normalized spacial score (nSPS) is 12.1. The second-order valence-electron chi connectivity index (χ2n) is 10.9. The Hall–Kier alpha value is -3.56. The van der Waals surface area contributed by atoms with Crippen molar-refractivity contribution in [2.75, 3.05) is 10.8 Å². The molecule has 4 aromatic carbocycles. The largest absolute Gasteiger partial charge is 0.352 e. The number of anilines is 1. The fraction of sp³-hybridized carbons (Fsp3) is 0.235. The standard InChI is InChI=1S/C34H34Cl3N3O4S/c1-23(2)38-34(42)32(19-25-10-6-4-7-11-25)39(21-26-14-15-28(36)20-30(26)37)33(41)22-40(31-17-16-27(35)18-24(31)3)45(43,44)29-12-8-5-9-13-29/h4-18,20,23,32H,19,21-22H2,1-3H3,(H,38,42)/t32-/m1/s1. The summed E-state index contributed by atoms with van der Waals surface area (Å²) in [5.74, 6) is -0.984. The quantitative estimate of drug-likeness (QED) is 0.169. The number of benzene rings is 4. The highest BCUT2D eigenvalue weighted by Gasteiger charge is 2.35. The van der Waals surface area contributed by atoms with E-state index >= 15 is 0 Å². The van der Waals surface area contributed by atoms with Crippen LogP contribution in [-0.2, 0) is 32.6 Å². The van der Waals surface area contributed by atoms with Crippen LogP contribution in [-0.4, -0.2) is 43.8 Å². The lowest BCUT2D eigenvalue weighted by Crippen LogP contribution is -2.54. The van der Waals surface area contributed by atoms with E-state index in [-0.39, 0.29) is 35.5 Å². The summed E-state index contributed by atoms with van der Waals surface area (Å²) in [6.45, 7) is 4.72. The molecule has 11 heteroatoms. The van der Waals surface area contributed by atoms with Gasteiger partial charge in [0.25, 0.3) is 10.0 Å². The van der Waals surface area contributed by atoms with E-state index in [1.165, 1.54) is 17.0 Å². The van der Waals surface area contributed by atoms with Gasteiger partial charge in [-0.3, -0.25) is 13.9 Å². The number of nitrogens with zero attached hydrogens (tertiary/aromatic N) is 2. The van der Waals surface area contributed by atoms with E-state index < -0.39 is 28.5 Å². The van der Waals surface area contributed by atoms with Crippen molar-refractivity contribution in [1.29, 1.82) is 0 Å². The number of halogens is 3. The predicted octanol–water partition coefficient (Wildman–Crippen LogP) is 7.32. The molecule has 45 heavy (non-hydrogen) atoms. The monoisotopic (exact) mass is 685 g/mol. The van der Waals surface area contributed by atoms with Crippen molar-refractivity contribution in [3.63, 3.8) is 0 Å². The third kappa shape index (κ3) is 8.79. The highest BCUT2D eigenvalue weighted by molar-refractivity contribution is 7.92. The molecule has 0 saturated carbocycles. The fourth-order valence-corrected chi connectivity index (χ4v) is 7.09. The number of hydrogen-bond acceptors (Lipinski definition) is 4. The third-order valence-corrected chi connectivity index (χ3v) is 9.69. The molecule has 0 spiro atoms. The molecule has 4 rings (SSSR count). The maximum atomic E-state index is 14.5. The van der Waals surface area contributed by atoms with Gasteiger partial charge in [-0.05, 0) is 79.9 Å². The summed E-state index contributed by atoms with van der Waals surface area (Å²) >= 11 is 18.9. The first-order valence-electron chi connectivity index (χ1n) is 14.3. The van der Waals surface area contributed by atoms with Crippen molar-refractivity contribution in [1.82, 2.24) is 10.2 Å². The van der Waals surface area contributed by atoms with Crippen LogP contribution in [0.2, 0.25) is 15.1 Å². The van der Waals surface area contributed by atoms with E-state index in [4.69, 9.17) is 34.8 Å². The number of sulfonamides is 1. The molecule has 0 saturated heterocycles. The minimum atomic E-state index is -4.23. The third-order valence-electron chi connectivity index (χ3n) is 7.10. The first-order chi connectivity index (χ1) is 21.4. The summed E-state index contributed by atoms with van der Waals surface area (Å²) in [6, 6.07) is 25.7. The van der Waals surface area contributed by atoms with Crippen molar-refractivity contribution in [3.05, 3.63) is 129 Å². The Bertz CT molecular complexity index is 1750. The van der Waals surface area contributed by atoms with Gasteiger partial charge in [-0.25, -0.2) is 8.42 Å². The molecule has 0 unspecified atom stereocenters. The maximum absolute atomic E-state index is 14.5. The Morgan fingerprint density at radius 2 is 1.42 bits per heavy atom. The van der Waals surface area contributed by atoms with Crippen molar-refractivity contribution < 1.29 is 18.0 Å². The smallest absolute Gasteiger partial charge is 0.264 e. The van der Waals surface area contributed by atoms with Gasteiger partial charge in [0.15, 0.2) is 0 Å². The molecule has 0 aliphatic heterocycles. The lowest BCUT2D eigenvalue weighted by Gasteiger charge is -2.34. The van der Waals surface area contributed by atoms with E-state index in [0.29, 0.717) is 26.2 Å². The first-order valence-corrected chi connectivity index (χ1v) is 16.9. The van der Waals surface area contributed by atoms with Crippen molar-refractivity contribution in [2.24, 2.45) is 0 Å². The molecule has 236 valence electrons. The van der Waals surface area contributed by atoms with Gasteiger partial charge in [-0.2, -0.15) is 0 Å². The van der Waals surface area contributed by atoms with Gasteiger partial charge in [0.2, 0.25) is 11.8 Å². The lowest BCUT2D eigenvalue weighted by atomic mass is 10.0. The van der Waals surface area contributed by atoms with Gasteiger partial charge in [0.1, 0.15) is 12.6 Å². The Morgan fingerprint density at radius 1 is 0.822 bits per heavy atom. The number of carbonyl (C=O) groups excluding carboxylic acids is 2. The molecule has 0 radical (unpaired) electrons. The second kappa shape index (κ2) is 15.1. The molecule has 7 nitrogen and oxygen atoms in total. The predicted molar refractivity (Wildman–Crippen MR) is 181 cm³/mol. The van der Waals surface area contributed by atoms with E-state index in [1.54, 1.807) is 61.5 Å². The molecule has 2 amide bonds. The van der Waals surface area contributed by atoms with Crippen LogP contribution < -0.4 is 9.62 Å². The highest BCUT2D eigenvalue weighted by Crippen LogP contribution is 2.30. The minimum absolute atomic E-state index is 0.0119. The van der Waals surface area contributed by atoms with Gasteiger partial charge < -0.3 is 10.2 Å². The Morgan fingerprint density at radius 3 is 2.02 bits per heavy atom. The second-order valence-corrected chi connectivity index (χ2v) is 14.0. The molecule has 0 aliphatic rings. The van der Waals surface area contributed by atoms with Crippen molar-refractivity contribution in [3.8, 4) is 0 Å². The number of hydrogen-bond donors (Lipinski definition) is 1. The highest BCUT2D eigenvalue weighted by atomic mass is 35.5. The van der Waals surface area contributed by atoms with Crippen molar-refractivity contribution >= 4 is 62.3 Å². The number of carbonyl (C=O) groups is 2. The topological polar surface area (TPSA) is 86.8 Å². The molecule has 4 aromatic rings. The van der Waals surface area contributed by atoms with Crippen LogP contribution in [0.25, 0.3) is 0 Å². The zero-order valence-electron chi connectivity index (χ0n) is 25.1. The summed E-state index contributed by atoms with van der Waals surface area (Å²) in [4.78, 5) is 29.7. The fourth-order valence-electron chi connectivity index (χ4n) is 4.90. The molecule has 0 fully saturated rings. The van der Waals surface area contributed by atoms with Crippen LogP contribution >= 0.6 is 34.8 Å². The Balaban J connectivity index is 1.84. The number of nitrogens with one attached hydrogen (secondary N) is 1. The summed E-state index contributed by atoms with van der Waals surface area (Å²) < 4.78 is 29.3. The Labute approximate surface area is 279 Å². The van der Waals surface area contributed by atoms with Gasteiger partial charge in [-0.1, -0.05) is 89.4 Å². The van der Waals surface area contributed by atoms with E-state index in [0.717, 1.165) is 9.87 Å². The molecule has 0 heterocycles. The van der Waals surface area contributed by atoms with Crippen LogP contribution in [0.5, 0.6) is 0 Å². The van der Waals surface area contributed by atoms with Crippen molar-refractivity contribution in [2.45, 2.75) is 50.7 Å². The zero-order chi connectivity index (χ0) is 32.7. The average molecular weight is 687 g/mol. The molecular formula is C34H34Cl3N3O4S. The van der Waals surface area contributed by atoms with Crippen LogP contribution in [0.1, 0.15) is 30.5 Å². The van der Waals surface area contributed by atoms with Crippen LogP contribution in [0.4, 0.5) is 5.69 Å². The number of aryl methyl sites for hydroxylation is 1. The number of rotatable bonds is 12. The average Bonchev–Trinajstić information content (AvgIpc) is 2.99. The van der Waals surface area contributed by atoms with Crippen LogP contribution in [0.15, 0.2) is 102 Å². The van der Waals surface area contributed by atoms with Gasteiger partial charge in [-0.15, -0.1) is 0 Å². The van der Waals surface area contributed by atoms with E-state index in [1.807, 2.05) is 44.2 Å². The number of amides is 2. The Kier molecular flexibility index (Phi) is 11.6. The summed E-state index contributed by atoms with van der Waals surface area (Å²) in [6.07, 6.45) is 0.182. The van der Waals surface area contributed by atoms with Crippen LogP contribution in [0, 0.1) is 6.92 Å². The molecule has 0 aliphatic carbocycles. The molecule has 0 aromatic heterocycles. The maximum Gasteiger partial charge on any atom is 0.264 e. The summed E-state index contributed by atoms with van der Waals surface area (Å²) in [7, 11) is -4.23. The lowest BCUT2D eigenvalue weighted by molar-refractivity contribution is -0.140. The SMILES string of the molecule is Cc1cc(Cl)ccc1N(CC(=O)N(Cc1ccc(Cl)cc1Cl)[C@H](Cc1ccccc1)C(=O)NC(C)C)S(=O)(=O)c1ccccc1. The van der Waals surface area contributed by atoms with Gasteiger partial charge in [0, 0.05) is 34.1 Å². The first kappa shape index (κ1) is 34.3. The minimum Gasteiger partial charge on any atom is -0.352 e. The van der Waals surface area contributed by atoms with E-state index in [9.17, 15) is 18.0 Å². The molecule has 1 N–H and O–H groups in total. The molecule has 1 atom stereocenters. The molecular weight excluding hydrogens is 653 g/mol. The molecule has 0 bridgehead atoms. The van der Waals surface area contributed by atoms with Gasteiger partial charge in [0.05, 0.1) is 10.6 Å². The van der Waals surface area contributed by atoms with E-state index in [2.05, 4.69) is 5.32 Å².